The molecule has 1 fully saturated rings. The summed E-state index contributed by atoms with van der Waals surface area (Å²) in [7, 11) is 0. The molecule has 0 saturated heterocycles. The number of nitrogens with zero attached hydrogens (tertiary/aromatic N) is 3. The van der Waals surface area contributed by atoms with E-state index in [1.807, 2.05) is 6.92 Å². The Morgan fingerprint density at radius 2 is 1.95 bits per heavy atom. The van der Waals surface area contributed by atoms with Crippen molar-refractivity contribution in [2.75, 3.05) is 11.9 Å². The summed E-state index contributed by atoms with van der Waals surface area (Å²) < 4.78 is 5.45. The Hall–Kier alpha value is -1.92. The van der Waals surface area contributed by atoms with Gasteiger partial charge < -0.3 is 10.1 Å². The molecule has 0 bridgehead atoms. The minimum absolute atomic E-state index is 0.0653. The zero-order chi connectivity index (χ0) is 15.9. The molecule has 0 aromatic carbocycles. The van der Waals surface area contributed by atoms with E-state index in [1.165, 1.54) is 12.8 Å². The fourth-order valence-electron chi connectivity index (χ4n) is 2.72. The van der Waals surface area contributed by atoms with Gasteiger partial charge in [0.25, 0.3) is 5.88 Å². The van der Waals surface area contributed by atoms with E-state index in [2.05, 4.69) is 15.3 Å². The van der Waals surface area contributed by atoms with E-state index in [4.69, 9.17) is 4.74 Å². The van der Waals surface area contributed by atoms with Crippen LogP contribution in [-0.2, 0) is 0 Å². The second-order valence-electron chi connectivity index (χ2n) is 5.71. The van der Waals surface area contributed by atoms with Crippen LogP contribution in [0.4, 0.5) is 11.5 Å². The third-order valence-corrected chi connectivity index (χ3v) is 3.79. The topological polar surface area (TPSA) is 90.2 Å². The van der Waals surface area contributed by atoms with Crippen LogP contribution in [0.5, 0.6) is 5.88 Å². The van der Waals surface area contributed by atoms with Crippen LogP contribution in [0.15, 0.2) is 0 Å². The first-order valence-electron chi connectivity index (χ1n) is 8.04. The molecule has 1 aliphatic rings. The van der Waals surface area contributed by atoms with Gasteiger partial charge in [-0.05, 0) is 26.2 Å². The van der Waals surface area contributed by atoms with E-state index < -0.39 is 4.92 Å². The van der Waals surface area contributed by atoms with E-state index in [0.29, 0.717) is 12.4 Å². The third kappa shape index (κ3) is 4.29. The lowest BCUT2D eigenvalue weighted by Crippen LogP contribution is -2.21. The van der Waals surface area contributed by atoms with Gasteiger partial charge in [-0.3, -0.25) is 10.1 Å². The molecule has 122 valence electrons. The fraction of sp³-hybridized carbons (Fsp3) is 0.733. The molecule has 0 atom stereocenters. The maximum Gasteiger partial charge on any atom is 0.372 e. The molecular formula is C15H24N4O3. The average molecular weight is 308 g/mol. The van der Waals surface area contributed by atoms with Crippen molar-refractivity contribution in [3.63, 3.8) is 0 Å². The van der Waals surface area contributed by atoms with Gasteiger partial charge >= 0.3 is 5.69 Å². The highest BCUT2D eigenvalue weighted by Crippen LogP contribution is 2.33. The van der Waals surface area contributed by atoms with Crippen LogP contribution in [0.25, 0.3) is 0 Å². The highest BCUT2D eigenvalue weighted by molar-refractivity contribution is 5.62. The van der Waals surface area contributed by atoms with Crippen molar-refractivity contribution in [2.24, 2.45) is 0 Å². The van der Waals surface area contributed by atoms with Crippen molar-refractivity contribution >= 4 is 11.5 Å². The summed E-state index contributed by atoms with van der Waals surface area (Å²) in [5.74, 6) is 0.832. The summed E-state index contributed by atoms with van der Waals surface area (Å²) in [4.78, 5) is 19.3. The Morgan fingerprint density at radius 1 is 1.27 bits per heavy atom. The van der Waals surface area contributed by atoms with Gasteiger partial charge in [0.2, 0.25) is 5.82 Å². The normalized spacial score (nSPS) is 16.1. The molecule has 0 radical (unpaired) electrons. The summed E-state index contributed by atoms with van der Waals surface area (Å²) in [5, 5.41) is 14.7. The number of nitro groups is 1. The van der Waals surface area contributed by atoms with E-state index in [-0.39, 0.29) is 23.4 Å². The summed E-state index contributed by atoms with van der Waals surface area (Å²) >= 11 is 0. The molecule has 1 aromatic heterocycles. The lowest BCUT2D eigenvalue weighted by molar-refractivity contribution is -0.385. The van der Waals surface area contributed by atoms with Gasteiger partial charge in [0.15, 0.2) is 0 Å². The Bertz CT molecular complexity index is 514. The van der Waals surface area contributed by atoms with Crippen LogP contribution >= 0.6 is 0 Å². The van der Waals surface area contributed by atoms with Crippen LogP contribution in [0.2, 0.25) is 0 Å². The zero-order valence-corrected chi connectivity index (χ0v) is 13.3. The Morgan fingerprint density at radius 3 is 2.55 bits per heavy atom. The molecule has 0 unspecified atom stereocenters. The van der Waals surface area contributed by atoms with Gasteiger partial charge in [-0.1, -0.05) is 32.6 Å². The van der Waals surface area contributed by atoms with Crippen molar-refractivity contribution in [2.45, 2.75) is 64.8 Å². The second-order valence-corrected chi connectivity index (χ2v) is 5.71. The van der Waals surface area contributed by atoms with Crippen LogP contribution in [-0.4, -0.2) is 27.5 Å². The predicted molar refractivity (Wildman–Crippen MR) is 84.3 cm³/mol. The van der Waals surface area contributed by atoms with Crippen molar-refractivity contribution in [3.05, 3.63) is 15.9 Å². The SMILES string of the molecule is CCCOc1nc(C)nc(NC2CCCCCC2)c1[N+](=O)[O-]. The van der Waals surface area contributed by atoms with Crippen LogP contribution in [0.1, 0.15) is 57.7 Å². The average Bonchev–Trinajstić information content (AvgIpc) is 2.72. The van der Waals surface area contributed by atoms with Crippen molar-refractivity contribution in [1.82, 2.24) is 9.97 Å². The maximum absolute atomic E-state index is 11.4. The summed E-state index contributed by atoms with van der Waals surface area (Å²) in [6.07, 6.45) is 7.56. The first kappa shape index (κ1) is 16.5. The van der Waals surface area contributed by atoms with Gasteiger partial charge in [-0.25, -0.2) is 4.98 Å². The molecule has 1 aliphatic carbocycles. The molecule has 1 aromatic rings. The number of ether oxygens (including phenoxy) is 1. The Kier molecular flexibility index (Phi) is 5.91. The number of hydrogen-bond acceptors (Lipinski definition) is 6. The lowest BCUT2D eigenvalue weighted by atomic mass is 10.1. The van der Waals surface area contributed by atoms with E-state index >= 15 is 0 Å². The Balaban J connectivity index is 2.27. The van der Waals surface area contributed by atoms with Crippen molar-refractivity contribution < 1.29 is 9.66 Å². The standard InChI is InChI=1S/C15H24N4O3/c1-3-10-22-15-13(19(20)21)14(16-11(2)17-15)18-12-8-6-4-5-7-9-12/h12H,3-10H2,1-2H3,(H,16,17,18). The molecule has 7 nitrogen and oxygen atoms in total. The van der Waals surface area contributed by atoms with Gasteiger partial charge in [-0.2, -0.15) is 4.98 Å². The van der Waals surface area contributed by atoms with Gasteiger partial charge in [0.1, 0.15) is 5.82 Å². The van der Waals surface area contributed by atoms with E-state index in [9.17, 15) is 10.1 Å². The predicted octanol–water partition coefficient (Wildman–Crippen LogP) is 3.62. The molecule has 7 heteroatoms. The molecule has 2 rings (SSSR count). The Labute approximate surface area is 130 Å². The first-order valence-corrected chi connectivity index (χ1v) is 8.04. The lowest BCUT2D eigenvalue weighted by Gasteiger charge is -2.17. The fourth-order valence-corrected chi connectivity index (χ4v) is 2.72. The van der Waals surface area contributed by atoms with Crippen molar-refractivity contribution in [1.29, 1.82) is 0 Å². The van der Waals surface area contributed by atoms with Crippen LogP contribution in [0.3, 0.4) is 0 Å². The van der Waals surface area contributed by atoms with Crippen LogP contribution in [0, 0.1) is 17.0 Å². The van der Waals surface area contributed by atoms with E-state index in [1.54, 1.807) is 6.92 Å². The monoisotopic (exact) mass is 308 g/mol. The molecule has 1 heterocycles. The molecule has 0 aliphatic heterocycles. The van der Waals surface area contributed by atoms with Gasteiger partial charge in [-0.15, -0.1) is 0 Å². The smallest absolute Gasteiger partial charge is 0.372 e. The quantitative estimate of drug-likeness (QED) is 0.490. The summed E-state index contributed by atoms with van der Waals surface area (Å²) in [6, 6.07) is 0.231. The number of aryl methyl sites for hydroxylation is 1. The molecule has 22 heavy (non-hydrogen) atoms. The zero-order valence-electron chi connectivity index (χ0n) is 13.3. The maximum atomic E-state index is 11.4. The van der Waals surface area contributed by atoms with E-state index in [0.717, 1.165) is 32.1 Å². The molecule has 0 amide bonds. The van der Waals surface area contributed by atoms with Gasteiger partial charge in [0.05, 0.1) is 11.5 Å². The van der Waals surface area contributed by atoms with Crippen LogP contribution < -0.4 is 10.1 Å². The van der Waals surface area contributed by atoms with Crippen molar-refractivity contribution in [3.8, 4) is 5.88 Å². The number of nitrogens with one attached hydrogen (secondary N) is 1. The largest absolute Gasteiger partial charge is 0.473 e. The molecule has 1 saturated carbocycles. The first-order chi connectivity index (χ1) is 10.6. The molecule has 0 spiro atoms. The van der Waals surface area contributed by atoms with Gasteiger partial charge in [0, 0.05) is 6.04 Å². The summed E-state index contributed by atoms with van der Waals surface area (Å²) in [6.45, 7) is 4.07. The number of anilines is 1. The third-order valence-electron chi connectivity index (χ3n) is 3.79. The highest BCUT2D eigenvalue weighted by atomic mass is 16.6. The number of rotatable bonds is 6. The highest BCUT2D eigenvalue weighted by Gasteiger charge is 2.27. The molecular weight excluding hydrogens is 284 g/mol. The summed E-state index contributed by atoms with van der Waals surface area (Å²) in [5.41, 5.74) is -0.150. The molecule has 1 N–H and O–H groups in total. The minimum atomic E-state index is -0.455. The number of hydrogen-bond donors (Lipinski definition) is 1. The second kappa shape index (κ2) is 7.91. The minimum Gasteiger partial charge on any atom is -0.473 e. The number of aromatic nitrogens is 2.